The van der Waals surface area contributed by atoms with Gasteiger partial charge in [0.2, 0.25) is 11.8 Å². The van der Waals surface area contributed by atoms with Crippen LogP contribution in [0.25, 0.3) is 6.08 Å². The van der Waals surface area contributed by atoms with Gasteiger partial charge in [-0.15, -0.1) is 0 Å². The lowest BCUT2D eigenvalue weighted by atomic mass is 10.1. The second kappa shape index (κ2) is 8.38. The fourth-order valence-electron chi connectivity index (χ4n) is 1.44. The van der Waals surface area contributed by atoms with E-state index in [4.69, 9.17) is 11.6 Å². The van der Waals surface area contributed by atoms with Gasteiger partial charge in [0.05, 0.1) is 6.54 Å². The van der Waals surface area contributed by atoms with Gasteiger partial charge in [0.15, 0.2) is 0 Å². The van der Waals surface area contributed by atoms with Gasteiger partial charge in [-0.3, -0.25) is 9.59 Å². The minimum atomic E-state index is -0.312. The second-order valence-corrected chi connectivity index (χ2v) is 4.82. The van der Waals surface area contributed by atoms with E-state index in [0.717, 1.165) is 17.5 Å². The summed E-state index contributed by atoms with van der Waals surface area (Å²) in [7, 11) is 0. The molecule has 0 unspecified atom stereocenters. The van der Waals surface area contributed by atoms with Gasteiger partial charge in [0.25, 0.3) is 0 Å². The van der Waals surface area contributed by atoms with Crippen molar-refractivity contribution in [3.8, 4) is 0 Å². The van der Waals surface area contributed by atoms with Gasteiger partial charge < -0.3 is 10.6 Å². The van der Waals surface area contributed by atoms with Crippen molar-refractivity contribution in [1.82, 2.24) is 10.6 Å². The minimum Gasteiger partial charge on any atom is -0.355 e. The molecule has 0 aromatic heterocycles. The van der Waals surface area contributed by atoms with E-state index in [1.54, 1.807) is 12.1 Å². The molecule has 1 aromatic carbocycles. The molecule has 0 fully saturated rings. The van der Waals surface area contributed by atoms with Gasteiger partial charge in [-0.25, -0.2) is 0 Å². The summed E-state index contributed by atoms with van der Waals surface area (Å²) in [6.45, 7) is 4.48. The molecular weight excluding hydrogens is 276 g/mol. The molecule has 0 radical (unpaired) electrons. The zero-order valence-corrected chi connectivity index (χ0v) is 12.5. The van der Waals surface area contributed by atoms with Crippen LogP contribution in [0.2, 0.25) is 5.02 Å². The van der Waals surface area contributed by atoms with Gasteiger partial charge in [0.1, 0.15) is 0 Å². The first-order chi connectivity index (χ1) is 9.52. The van der Waals surface area contributed by atoms with Crippen LogP contribution < -0.4 is 10.6 Å². The van der Waals surface area contributed by atoms with E-state index in [1.165, 1.54) is 6.08 Å². The van der Waals surface area contributed by atoms with Gasteiger partial charge in [0, 0.05) is 17.6 Å². The molecule has 2 amide bonds. The fraction of sp³-hybridized carbons (Fsp3) is 0.333. The number of rotatable bonds is 6. The van der Waals surface area contributed by atoms with Crippen LogP contribution in [-0.2, 0) is 9.59 Å². The average Bonchev–Trinajstić information content (AvgIpc) is 2.44. The first-order valence-corrected chi connectivity index (χ1v) is 6.89. The molecule has 0 saturated carbocycles. The Hall–Kier alpha value is -1.81. The first kappa shape index (κ1) is 16.2. The summed E-state index contributed by atoms with van der Waals surface area (Å²) in [5.41, 5.74) is 1.83. The Labute approximate surface area is 124 Å². The van der Waals surface area contributed by atoms with Gasteiger partial charge in [-0.1, -0.05) is 30.7 Å². The molecule has 0 aliphatic heterocycles. The molecule has 0 bridgehead atoms. The van der Waals surface area contributed by atoms with E-state index < -0.39 is 0 Å². The Bertz CT molecular complexity index is 513. The molecule has 0 aliphatic rings. The largest absolute Gasteiger partial charge is 0.355 e. The van der Waals surface area contributed by atoms with Crippen LogP contribution in [0.5, 0.6) is 0 Å². The lowest BCUT2D eigenvalue weighted by Gasteiger charge is -2.03. The Morgan fingerprint density at radius 1 is 1.30 bits per heavy atom. The summed E-state index contributed by atoms with van der Waals surface area (Å²) < 4.78 is 0. The molecule has 20 heavy (non-hydrogen) atoms. The van der Waals surface area contributed by atoms with Gasteiger partial charge in [-0.05, 0) is 36.6 Å². The molecule has 1 rings (SSSR count). The number of hydrogen-bond acceptors (Lipinski definition) is 2. The summed E-state index contributed by atoms with van der Waals surface area (Å²) in [5, 5.41) is 5.86. The quantitative estimate of drug-likeness (QED) is 0.791. The number of carbonyl (C=O) groups is 2. The highest BCUT2D eigenvalue weighted by Crippen LogP contribution is 2.17. The van der Waals surface area contributed by atoms with E-state index in [-0.39, 0.29) is 18.4 Å². The molecule has 5 heteroatoms. The van der Waals surface area contributed by atoms with Crippen molar-refractivity contribution < 1.29 is 9.59 Å². The highest BCUT2D eigenvalue weighted by Gasteiger charge is 2.02. The maximum Gasteiger partial charge on any atom is 0.244 e. The molecule has 0 aliphatic carbocycles. The van der Waals surface area contributed by atoms with Gasteiger partial charge in [-0.2, -0.15) is 0 Å². The zero-order valence-electron chi connectivity index (χ0n) is 11.7. The molecule has 0 heterocycles. The summed E-state index contributed by atoms with van der Waals surface area (Å²) in [4.78, 5) is 22.8. The predicted octanol–water partition coefficient (Wildman–Crippen LogP) is 2.30. The van der Waals surface area contributed by atoms with Crippen LogP contribution in [-0.4, -0.2) is 24.9 Å². The van der Waals surface area contributed by atoms with E-state index >= 15 is 0 Å². The lowest BCUT2D eigenvalue weighted by Crippen LogP contribution is -2.36. The smallest absolute Gasteiger partial charge is 0.244 e. The maximum absolute atomic E-state index is 11.5. The molecule has 0 spiro atoms. The monoisotopic (exact) mass is 294 g/mol. The molecule has 108 valence electrons. The highest BCUT2D eigenvalue weighted by atomic mass is 35.5. The third-order valence-corrected chi connectivity index (χ3v) is 3.03. The molecular formula is C15H19ClN2O2. The number of amides is 2. The predicted molar refractivity (Wildman–Crippen MR) is 81.5 cm³/mol. The lowest BCUT2D eigenvalue weighted by molar-refractivity contribution is -0.123. The summed E-state index contributed by atoms with van der Waals surface area (Å²) in [5.74, 6) is -0.500. The highest BCUT2D eigenvalue weighted by molar-refractivity contribution is 6.31. The standard InChI is InChI=1S/C15H19ClN2O2/c1-3-8-17-15(20)10-18-14(19)7-6-12-5-4-11(2)13(16)9-12/h4-7,9H,3,8,10H2,1-2H3,(H,17,20)(H,18,19)/b7-6+. The zero-order chi connectivity index (χ0) is 15.0. The molecule has 4 nitrogen and oxygen atoms in total. The third-order valence-electron chi connectivity index (χ3n) is 2.62. The Balaban J connectivity index is 2.43. The van der Waals surface area contributed by atoms with Crippen LogP contribution in [0, 0.1) is 6.92 Å². The van der Waals surface area contributed by atoms with Crippen LogP contribution in [0.1, 0.15) is 24.5 Å². The Morgan fingerprint density at radius 3 is 2.70 bits per heavy atom. The van der Waals surface area contributed by atoms with Crippen molar-refractivity contribution in [2.24, 2.45) is 0 Å². The topological polar surface area (TPSA) is 58.2 Å². The summed E-state index contributed by atoms with van der Waals surface area (Å²) in [6.07, 6.45) is 3.91. The van der Waals surface area contributed by atoms with E-state index in [2.05, 4.69) is 10.6 Å². The number of aryl methyl sites for hydroxylation is 1. The molecule has 2 N–H and O–H groups in total. The SMILES string of the molecule is CCCNC(=O)CNC(=O)/C=C/c1ccc(C)c(Cl)c1. The van der Waals surface area contributed by atoms with E-state index in [9.17, 15) is 9.59 Å². The summed E-state index contributed by atoms with van der Waals surface area (Å²) >= 11 is 5.99. The van der Waals surface area contributed by atoms with E-state index in [1.807, 2.05) is 26.0 Å². The number of carbonyl (C=O) groups excluding carboxylic acids is 2. The third kappa shape index (κ3) is 5.89. The minimum absolute atomic E-state index is 0.0160. The number of halogens is 1. The molecule has 1 aromatic rings. The number of benzene rings is 1. The van der Waals surface area contributed by atoms with Crippen molar-refractivity contribution in [3.63, 3.8) is 0 Å². The number of nitrogens with one attached hydrogen (secondary N) is 2. The van der Waals surface area contributed by atoms with Crippen LogP contribution >= 0.6 is 11.6 Å². The first-order valence-electron chi connectivity index (χ1n) is 6.51. The van der Waals surface area contributed by atoms with Crippen LogP contribution in [0.15, 0.2) is 24.3 Å². The van der Waals surface area contributed by atoms with Crippen molar-refractivity contribution in [1.29, 1.82) is 0 Å². The van der Waals surface area contributed by atoms with E-state index in [0.29, 0.717) is 11.6 Å². The normalized spacial score (nSPS) is 10.6. The van der Waals surface area contributed by atoms with Crippen LogP contribution in [0.3, 0.4) is 0 Å². The Morgan fingerprint density at radius 2 is 2.05 bits per heavy atom. The molecule has 0 atom stereocenters. The average molecular weight is 295 g/mol. The summed E-state index contributed by atoms with van der Waals surface area (Å²) in [6, 6.07) is 5.55. The van der Waals surface area contributed by atoms with Crippen LogP contribution in [0.4, 0.5) is 0 Å². The van der Waals surface area contributed by atoms with Gasteiger partial charge >= 0.3 is 0 Å². The van der Waals surface area contributed by atoms with Crippen molar-refractivity contribution in [3.05, 3.63) is 40.4 Å². The fourth-order valence-corrected chi connectivity index (χ4v) is 1.63. The number of hydrogen-bond donors (Lipinski definition) is 2. The van der Waals surface area contributed by atoms with Crippen molar-refractivity contribution in [2.75, 3.05) is 13.1 Å². The van der Waals surface area contributed by atoms with Crippen molar-refractivity contribution >= 4 is 29.5 Å². The maximum atomic E-state index is 11.5. The molecule has 0 saturated heterocycles. The Kier molecular flexibility index (Phi) is 6.81. The van der Waals surface area contributed by atoms with Crippen molar-refractivity contribution in [2.45, 2.75) is 20.3 Å². The second-order valence-electron chi connectivity index (χ2n) is 4.41.